The highest BCUT2D eigenvalue weighted by molar-refractivity contribution is 4.85. The van der Waals surface area contributed by atoms with Gasteiger partial charge in [0.2, 0.25) is 0 Å². The molecule has 2 unspecified atom stereocenters. The van der Waals surface area contributed by atoms with E-state index in [9.17, 15) is 0 Å². The lowest BCUT2D eigenvalue weighted by molar-refractivity contribution is 0.182. The van der Waals surface area contributed by atoms with Gasteiger partial charge < -0.3 is 10.2 Å². The van der Waals surface area contributed by atoms with E-state index in [0.717, 1.165) is 12.1 Å². The van der Waals surface area contributed by atoms with Gasteiger partial charge >= 0.3 is 0 Å². The monoisotopic (exact) mass is 226 g/mol. The fourth-order valence-electron chi connectivity index (χ4n) is 2.90. The van der Waals surface area contributed by atoms with Crippen LogP contribution < -0.4 is 5.32 Å². The minimum Gasteiger partial charge on any atom is -0.312 e. The normalized spacial score (nSPS) is 27.0. The van der Waals surface area contributed by atoms with Gasteiger partial charge in [0.25, 0.3) is 0 Å². The predicted octanol–water partition coefficient (Wildman–Crippen LogP) is 3.03. The molecule has 1 saturated carbocycles. The summed E-state index contributed by atoms with van der Waals surface area (Å²) >= 11 is 0. The maximum absolute atomic E-state index is 3.76. The lowest BCUT2D eigenvalue weighted by Gasteiger charge is -2.34. The number of nitrogens with one attached hydrogen (secondary N) is 1. The lowest BCUT2D eigenvalue weighted by Crippen LogP contribution is -2.48. The molecule has 2 heteroatoms. The molecule has 0 aromatic carbocycles. The van der Waals surface area contributed by atoms with Gasteiger partial charge in [-0.05, 0) is 45.8 Å². The SMILES string of the molecule is CCCNC1CCCCCC1N(C)CCC. The number of rotatable bonds is 6. The zero-order chi connectivity index (χ0) is 11.8. The molecule has 1 fully saturated rings. The van der Waals surface area contributed by atoms with Crippen LogP contribution in [0.15, 0.2) is 0 Å². The zero-order valence-electron chi connectivity index (χ0n) is 11.5. The Kier molecular flexibility index (Phi) is 7.06. The molecule has 0 spiro atoms. The van der Waals surface area contributed by atoms with Gasteiger partial charge in [0, 0.05) is 12.1 Å². The van der Waals surface area contributed by atoms with Crippen LogP contribution in [-0.2, 0) is 0 Å². The minimum atomic E-state index is 0.735. The van der Waals surface area contributed by atoms with Crippen LogP contribution in [0.2, 0.25) is 0 Å². The molecule has 0 heterocycles. The van der Waals surface area contributed by atoms with Crippen molar-refractivity contribution in [1.82, 2.24) is 10.2 Å². The van der Waals surface area contributed by atoms with E-state index < -0.39 is 0 Å². The summed E-state index contributed by atoms with van der Waals surface area (Å²) < 4.78 is 0. The van der Waals surface area contributed by atoms with E-state index in [-0.39, 0.29) is 0 Å². The van der Waals surface area contributed by atoms with Crippen LogP contribution in [0.25, 0.3) is 0 Å². The van der Waals surface area contributed by atoms with Crippen LogP contribution in [0.1, 0.15) is 58.8 Å². The number of hydrogen-bond acceptors (Lipinski definition) is 2. The average Bonchev–Trinajstić information content (AvgIpc) is 2.51. The molecule has 0 radical (unpaired) electrons. The maximum Gasteiger partial charge on any atom is 0.0246 e. The first-order valence-corrected chi connectivity index (χ1v) is 7.23. The highest BCUT2D eigenvalue weighted by Gasteiger charge is 2.25. The summed E-state index contributed by atoms with van der Waals surface area (Å²) in [6.07, 6.45) is 9.55. The van der Waals surface area contributed by atoms with Gasteiger partial charge in [-0.2, -0.15) is 0 Å². The van der Waals surface area contributed by atoms with Crippen LogP contribution in [0, 0.1) is 0 Å². The largest absolute Gasteiger partial charge is 0.312 e. The van der Waals surface area contributed by atoms with Crippen molar-refractivity contribution < 1.29 is 0 Å². The smallest absolute Gasteiger partial charge is 0.0246 e. The van der Waals surface area contributed by atoms with Gasteiger partial charge in [0.15, 0.2) is 0 Å². The van der Waals surface area contributed by atoms with Crippen LogP contribution in [0.5, 0.6) is 0 Å². The van der Waals surface area contributed by atoms with Crippen molar-refractivity contribution in [2.45, 2.75) is 70.9 Å². The molecule has 1 rings (SSSR count). The van der Waals surface area contributed by atoms with Crippen LogP contribution >= 0.6 is 0 Å². The van der Waals surface area contributed by atoms with Crippen LogP contribution in [0.4, 0.5) is 0 Å². The molecule has 2 atom stereocenters. The molecule has 0 aromatic heterocycles. The summed E-state index contributed by atoms with van der Waals surface area (Å²) in [6, 6.07) is 1.51. The van der Waals surface area contributed by atoms with Crippen molar-refractivity contribution in [3.63, 3.8) is 0 Å². The third kappa shape index (κ3) is 4.42. The first-order chi connectivity index (χ1) is 7.79. The molecule has 0 bridgehead atoms. The molecule has 1 aliphatic rings. The summed E-state index contributed by atoms with van der Waals surface area (Å²) in [7, 11) is 2.31. The topological polar surface area (TPSA) is 15.3 Å². The van der Waals surface area contributed by atoms with Crippen LogP contribution in [-0.4, -0.2) is 37.1 Å². The van der Waals surface area contributed by atoms with Crippen molar-refractivity contribution in [1.29, 1.82) is 0 Å². The van der Waals surface area contributed by atoms with E-state index in [1.807, 2.05) is 0 Å². The van der Waals surface area contributed by atoms with E-state index in [1.54, 1.807) is 0 Å². The van der Waals surface area contributed by atoms with Crippen molar-refractivity contribution >= 4 is 0 Å². The van der Waals surface area contributed by atoms with Crippen molar-refractivity contribution in [3.8, 4) is 0 Å². The summed E-state index contributed by atoms with van der Waals surface area (Å²) in [5.74, 6) is 0. The van der Waals surface area contributed by atoms with Crippen molar-refractivity contribution in [2.24, 2.45) is 0 Å². The van der Waals surface area contributed by atoms with E-state index in [4.69, 9.17) is 0 Å². The van der Waals surface area contributed by atoms with Gasteiger partial charge in [-0.1, -0.05) is 33.1 Å². The highest BCUT2D eigenvalue weighted by atomic mass is 15.2. The number of likely N-dealkylation sites (N-methyl/N-ethyl adjacent to an activating group) is 1. The van der Waals surface area contributed by atoms with Crippen LogP contribution in [0.3, 0.4) is 0 Å². The Morgan fingerprint density at radius 1 is 1.06 bits per heavy atom. The molecule has 0 aromatic rings. The third-order valence-electron chi connectivity index (χ3n) is 3.78. The molecule has 1 aliphatic carbocycles. The Balaban J connectivity index is 2.50. The summed E-state index contributed by atoms with van der Waals surface area (Å²) in [4.78, 5) is 2.58. The maximum atomic E-state index is 3.76. The lowest BCUT2D eigenvalue weighted by atomic mass is 10.0. The second kappa shape index (κ2) is 8.08. The first kappa shape index (κ1) is 14.0. The second-order valence-electron chi connectivity index (χ2n) is 5.25. The Hall–Kier alpha value is -0.0800. The molecule has 0 amide bonds. The summed E-state index contributed by atoms with van der Waals surface area (Å²) in [6.45, 7) is 6.96. The minimum absolute atomic E-state index is 0.735. The molecule has 2 nitrogen and oxygen atoms in total. The Labute approximate surface area is 102 Å². The zero-order valence-corrected chi connectivity index (χ0v) is 11.5. The molecule has 1 N–H and O–H groups in total. The Morgan fingerprint density at radius 3 is 2.50 bits per heavy atom. The molecule has 0 aliphatic heterocycles. The molecule has 96 valence electrons. The third-order valence-corrected chi connectivity index (χ3v) is 3.78. The van der Waals surface area contributed by atoms with E-state index in [1.165, 1.54) is 58.0 Å². The molecular formula is C14H30N2. The molecule has 0 saturated heterocycles. The molecular weight excluding hydrogens is 196 g/mol. The van der Waals surface area contributed by atoms with E-state index in [2.05, 4.69) is 31.1 Å². The standard InChI is InChI=1S/C14H30N2/c1-4-11-15-13-9-7-6-8-10-14(13)16(3)12-5-2/h13-15H,4-12H2,1-3H3. The van der Waals surface area contributed by atoms with Gasteiger partial charge in [-0.25, -0.2) is 0 Å². The Morgan fingerprint density at radius 2 is 1.81 bits per heavy atom. The quantitative estimate of drug-likeness (QED) is 0.700. The molecule has 16 heavy (non-hydrogen) atoms. The van der Waals surface area contributed by atoms with E-state index >= 15 is 0 Å². The second-order valence-corrected chi connectivity index (χ2v) is 5.25. The highest BCUT2D eigenvalue weighted by Crippen LogP contribution is 2.22. The average molecular weight is 226 g/mol. The summed E-state index contributed by atoms with van der Waals surface area (Å²) in [5.41, 5.74) is 0. The number of nitrogens with zero attached hydrogens (tertiary/aromatic N) is 1. The van der Waals surface area contributed by atoms with Gasteiger partial charge in [0.1, 0.15) is 0 Å². The fourth-order valence-corrected chi connectivity index (χ4v) is 2.90. The first-order valence-electron chi connectivity index (χ1n) is 7.23. The Bertz CT molecular complexity index is 170. The summed E-state index contributed by atoms with van der Waals surface area (Å²) in [5, 5.41) is 3.76. The van der Waals surface area contributed by atoms with Crippen molar-refractivity contribution in [2.75, 3.05) is 20.1 Å². The van der Waals surface area contributed by atoms with Gasteiger partial charge in [-0.15, -0.1) is 0 Å². The fraction of sp³-hybridized carbons (Fsp3) is 1.00. The van der Waals surface area contributed by atoms with Crippen molar-refractivity contribution in [3.05, 3.63) is 0 Å². The van der Waals surface area contributed by atoms with E-state index in [0.29, 0.717) is 0 Å². The van der Waals surface area contributed by atoms with Gasteiger partial charge in [-0.3, -0.25) is 0 Å². The number of hydrogen-bond donors (Lipinski definition) is 1. The van der Waals surface area contributed by atoms with Gasteiger partial charge in [0.05, 0.1) is 0 Å². The predicted molar refractivity (Wildman–Crippen MR) is 71.9 cm³/mol.